The number of methoxy groups -OCH3 is 1. The zero-order valence-electron chi connectivity index (χ0n) is 8.45. The van der Waals surface area contributed by atoms with E-state index < -0.39 is 0 Å². The molecule has 0 heterocycles. The molecule has 0 radical (unpaired) electrons. The molecule has 3 heteroatoms. The van der Waals surface area contributed by atoms with Crippen molar-refractivity contribution < 1.29 is 9.53 Å². The Morgan fingerprint density at radius 3 is 2.86 bits per heavy atom. The van der Waals surface area contributed by atoms with Gasteiger partial charge in [-0.25, -0.2) is 0 Å². The van der Waals surface area contributed by atoms with Crippen LogP contribution in [0, 0.1) is 0 Å². The molecule has 0 bridgehead atoms. The van der Waals surface area contributed by atoms with Crippen LogP contribution in [0.15, 0.2) is 23.1 Å². The molecule has 0 saturated heterocycles. The van der Waals surface area contributed by atoms with Gasteiger partial charge in [-0.05, 0) is 24.3 Å². The van der Waals surface area contributed by atoms with Crippen LogP contribution < -0.4 is 4.74 Å². The van der Waals surface area contributed by atoms with Gasteiger partial charge in [0, 0.05) is 6.42 Å². The molecule has 0 unspecified atom stereocenters. The molecule has 0 N–H and O–H groups in total. The minimum Gasteiger partial charge on any atom is -0.496 e. The molecule has 1 rings (SSSR count). The Labute approximate surface area is 88.7 Å². The van der Waals surface area contributed by atoms with E-state index in [0.717, 1.165) is 23.4 Å². The third-order valence-electron chi connectivity index (χ3n) is 2.02. The van der Waals surface area contributed by atoms with Crippen LogP contribution in [-0.2, 0) is 11.2 Å². The number of carbonyl (C=O) groups is 1. The molecule has 0 aliphatic rings. The maximum Gasteiger partial charge on any atom is 0.132 e. The van der Waals surface area contributed by atoms with Crippen molar-refractivity contribution in [2.75, 3.05) is 13.4 Å². The van der Waals surface area contributed by atoms with E-state index >= 15 is 0 Å². The van der Waals surface area contributed by atoms with E-state index in [4.69, 9.17) is 4.74 Å². The van der Waals surface area contributed by atoms with E-state index in [9.17, 15) is 4.79 Å². The highest BCUT2D eigenvalue weighted by Gasteiger charge is 2.06. The summed E-state index contributed by atoms with van der Waals surface area (Å²) in [4.78, 5) is 11.4. The number of rotatable bonds is 5. The number of aldehydes is 1. The van der Waals surface area contributed by atoms with Crippen LogP contribution in [-0.4, -0.2) is 19.7 Å². The van der Waals surface area contributed by atoms with Crippen molar-refractivity contribution in [3.8, 4) is 5.75 Å². The van der Waals surface area contributed by atoms with E-state index in [0.29, 0.717) is 6.42 Å². The number of benzene rings is 1. The highest BCUT2D eigenvalue weighted by atomic mass is 32.2. The molecule has 0 aliphatic carbocycles. The van der Waals surface area contributed by atoms with Gasteiger partial charge in [0.2, 0.25) is 0 Å². The van der Waals surface area contributed by atoms with Crippen LogP contribution in [0.25, 0.3) is 0 Å². The van der Waals surface area contributed by atoms with Gasteiger partial charge in [-0.3, -0.25) is 0 Å². The van der Waals surface area contributed by atoms with Crippen LogP contribution in [0.1, 0.15) is 12.0 Å². The van der Waals surface area contributed by atoms with Crippen molar-refractivity contribution in [3.05, 3.63) is 23.8 Å². The largest absolute Gasteiger partial charge is 0.496 e. The predicted molar refractivity (Wildman–Crippen MR) is 59.2 cm³/mol. The number of thioether (sulfide) groups is 1. The quantitative estimate of drug-likeness (QED) is 0.552. The minimum absolute atomic E-state index is 0.570. The van der Waals surface area contributed by atoms with Crippen LogP contribution in [0.2, 0.25) is 0 Å². The second kappa shape index (κ2) is 5.70. The number of hydrogen-bond donors (Lipinski definition) is 0. The van der Waals surface area contributed by atoms with E-state index in [1.165, 1.54) is 5.56 Å². The zero-order chi connectivity index (χ0) is 10.4. The molecular weight excluding hydrogens is 196 g/mol. The number of aryl methyl sites for hydroxylation is 1. The van der Waals surface area contributed by atoms with Crippen molar-refractivity contribution in [1.82, 2.24) is 0 Å². The fraction of sp³-hybridized carbons (Fsp3) is 0.364. The molecule has 0 saturated carbocycles. The zero-order valence-corrected chi connectivity index (χ0v) is 9.26. The van der Waals surface area contributed by atoms with Gasteiger partial charge >= 0.3 is 0 Å². The Kier molecular flexibility index (Phi) is 4.53. The van der Waals surface area contributed by atoms with Gasteiger partial charge in [-0.1, -0.05) is 12.1 Å². The molecule has 0 aliphatic heterocycles. The van der Waals surface area contributed by atoms with E-state index in [2.05, 4.69) is 0 Å². The molecule has 0 aromatic heterocycles. The number of ether oxygens (including phenoxy) is 1. The molecule has 0 amide bonds. The Bertz CT molecular complexity index is 310. The minimum atomic E-state index is 0.570. The summed E-state index contributed by atoms with van der Waals surface area (Å²) >= 11 is 1.66. The van der Waals surface area contributed by atoms with Gasteiger partial charge in [-0.15, -0.1) is 11.8 Å². The lowest BCUT2D eigenvalue weighted by Crippen LogP contribution is -1.93. The van der Waals surface area contributed by atoms with Gasteiger partial charge < -0.3 is 9.53 Å². The van der Waals surface area contributed by atoms with E-state index in [1.807, 2.05) is 24.5 Å². The van der Waals surface area contributed by atoms with Gasteiger partial charge in [0.1, 0.15) is 12.0 Å². The maximum atomic E-state index is 10.3. The third-order valence-corrected chi connectivity index (χ3v) is 2.89. The van der Waals surface area contributed by atoms with Crippen molar-refractivity contribution >= 4 is 18.0 Å². The van der Waals surface area contributed by atoms with Crippen molar-refractivity contribution in [2.24, 2.45) is 0 Å². The molecule has 0 spiro atoms. The maximum absolute atomic E-state index is 10.3. The molecule has 1 aromatic carbocycles. The first-order valence-corrected chi connectivity index (χ1v) is 5.69. The number of carbonyl (C=O) groups excluding carboxylic acids is 1. The van der Waals surface area contributed by atoms with E-state index in [-0.39, 0.29) is 0 Å². The molecular formula is C11H14O2S. The number of hydrogen-bond acceptors (Lipinski definition) is 3. The summed E-state index contributed by atoms with van der Waals surface area (Å²) in [6.45, 7) is 0. The van der Waals surface area contributed by atoms with Crippen LogP contribution in [0.5, 0.6) is 5.75 Å². The molecule has 0 atom stereocenters. The van der Waals surface area contributed by atoms with Crippen LogP contribution in [0.4, 0.5) is 0 Å². The first kappa shape index (κ1) is 11.1. The first-order valence-electron chi connectivity index (χ1n) is 4.47. The average Bonchev–Trinajstić information content (AvgIpc) is 2.25. The van der Waals surface area contributed by atoms with Gasteiger partial charge in [-0.2, -0.15) is 0 Å². The van der Waals surface area contributed by atoms with Crippen molar-refractivity contribution in [3.63, 3.8) is 0 Å². The predicted octanol–water partition coefficient (Wildman–Crippen LogP) is 2.55. The van der Waals surface area contributed by atoms with Crippen LogP contribution in [0.3, 0.4) is 0 Å². The topological polar surface area (TPSA) is 26.3 Å². The fourth-order valence-electron chi connectivity index (χ4n) is 1.36. The third kappa shape index (κ3) is 2.51. The van der Waals surface area contributed by atoms with Gasteiger partial charge in [0.15, 0.2) is 0 Å². The Hall–Kier alpha value is -0.960. The van der Waals surface area contributed by atoms with Crippen molar-refractivity contribution in [1.29, 1.82) is 0 Å². The molecule has 2 nitrogen and oxygen atoms in total. The SMILES string of the molecule is COc1cccc(CCC=O)c1SC. The normalized spacial score (nSPS) is 9.86. The summed E-state index contributed by atoms with van der Waals surface area (Å²) in [5.74, 6) is 0.890. The standard InChI is InChI=1S/C11H14O2S/c1-13-10-7-3-5-9(6-4-8-12)11(10)14-2/h3,5,7-8H,4,6H2,1-2H3. The Morgan fingerprint density at radius 1 is 1.50 bits per heavy atom. The molecule has 1 aromatic rings. The second-order valence-electron chi connectivity index (χ2n) is 2.86. The monoisotopic (exact) mass is 210 g/mol. The molecule has 14 heavy (non-hydrogen) atoms. The fourth-order valence-corrected chi connectivity index (χ4v) is 2.15. The van der Waals surface area contributed by atoms with Gasteiger partial charge in [0.25, 0.3) is 0 Å². The highest BCUT2D eigenvalue weighted by Crippen LogP contribution is 2.31. The average molecular weight is 210 g/mol. The lowest BCUT2D eigenvalue weighted by atomic mass is 10.1. The summed E-state index contributed by atoms with van der Waals surface area (Å²) in [5, 5.41) is 0. The molecule has 76 valence electrons. The summed E-state index contributed by atoms with van der Waals surface area (Å²) in [6, 6.07) is 5.94. The Morgan fingerprint density at radius 2 is 2.29 bits per heavy atom. The first-order chi connectivity index (χ1) is 6.83. The lowest BCUT2D eigenvalue weighted by Gasteiger charge is -2.10. The molecule has 0 fully saturated rings. The summed E-state index contributed by atoms with van der Waals surface area (Å²) in [6.07, 6.45) is 4.32. The summed E-state index contributed by atoms with van der Waals surface area (Å²) in [7, 11) is 1.67. The Balaban J connectivity index is 2.95. The van der Waals surface area contributed by atoms with Crippen molar-refractivity contribution in [2.45, 2.75) is 17.7 Å². The van der Waals surface area contributed by atoms with Crippen LogP contribution >= 0.6 is 11.8 Å². The summed E-state index contributed by atoms with van der Waals surface area (Å²) < 4.78 is 5.25. The highest BCUT2D eigenvalue weighted by molar-refractivity contribution is 7.98. The second-order valence-corrected chi connectivity index (χ2v) is 3.67. The summed E-state index contributed by atoms with van der Waals surface area (Å²) in [5.41, 5.74) is 1.18. The lowest BCUT2D eigenvalue weighted by molar-refractivity contribution is -0.107. The van der Waals surface area contributed by atoms with Gasteiger partial charge in [0.05, 0.1) is 12.0 Å². The van der Waals surface area contributed by atoms with E-state index in [1.54, 1.807) is 18.9 Å². The smallest absolute Gasteiger partial charge is 0.132 e.